The van der Waals surface area contributed by atoms with Crippen LogP contribution in [-0.2, 0) is 20.9 Å². The zero-order valence-corrected chi connectivity index (χ0v) is 16.0. The summed E-state index contributed by atoms with van der Waals surface area (Å²) in [6.45, 7) is 7.63. The maximum absolute atomic E-state index is 12.7. The fourth-order valence-electron chi connectivity index (χ4n) is 3.35. The van der Waals surface area contributed by atoms with Gasteiger partial charge >= 0.3 is 0 Å². The maximum Gasteiger partial charge on any atom is 0.220 e. The van der Waals surface area contributed by atoms with Crippen molar-refractivity contribution in [1.82, 2.24) is 5.32 Å². The second kappa shape index (κ2) is 8.75. The summed E-state index contributed by atoms with van der Waals surface area (Å²) < 4.78 is 0. The Balaban J connectivity index is 2.00. The Labute approximate surface area is 155 Å². The minimum absolute atomic E-state index is 0.0383. The summed E-state index contributed by atoms with van der Waals surface area (Å²) in [5.74, 6) is -0.208. The van der Waals surface area contributed by atoms with Gasteiger partial charge in [0, 0.05) is 35.3 Å². The molecule has 0 aliphatic heterocycles. The van der Waals surface area contributed by atoms with Gasteiger partial charge in [0.05, 0.1) is 0 Å². The molecule has 1 aromatic carbocycles. The average Bonchev–Trinajstić information content (AvgIpc) is 2.66. The van der Waals surface area contributed by atoms with Crippen molar-refractivity contribution in [2.75, 3.05) is 0 Å². The summed E-state index contributed by atoms with van der Waals surface area (Å²) in [4.78, 5) is 37.2. The number of Topliss-reactive ketones (excluding diaryl/α,β-unsaturated/α-hetero) is 2. The van der Waals surface area contributed by atoms with Crippen LogP contribution >= 0.6 is 0 Å². The molecule has 0 saturated heterocycles. The molecule has 2 rings (SSSR count). The van der Waals surface area contributed by atoms with Gasteiger partial charge in [-0.05, 0) is 45.1 Å². The first-order valence-corrected chi connectivity index (χ1v) is 9.15. The van der Waals surface area contributed by atoms with Crippen molar-refractivity contribution in [2.24, 2.45) is 5.92 Å². The van der Waals surface area contributed by atoms with Crippen LogP contribution in [0.5, 0.6) is 0 Å². The van der Waals surface area contributed by atoms with E-state index in [0.717, 1.165) is 12.0 Å². The highest BCUT2D eigenvalue weighted by Gasteiger charge is 2.31. The van der Waals surface area contributed by atoms with E-state index in [1.165, 1.54) is 0 Å². The van der Waals surface area contributed by atoms with Crippen LogP contribution < -0.4 is 5.32 Å². The quantitative estimate of drug-likeness (QED) is 0.756. The molecule has 0 heterocycles. The van der Waals surface area contributed by atoms with Crippen molar-refractivity contribution >= 4 is 17.5 Å². The van der Waals surface area contributed by atoms with E-state index in [0.29, 0.717) is 41.7 Å². The number of amides is 1. The molecule has 0 fully saturated rings. The molecule has 0 radical (unpaired) electrons. The molecule has 1 aliphatic rings. The number of hydrogen-bond donors (Lipinski definition) is 1. The van der Waals surface area contributed by atoms with Crippen molar-refractivity contribution in [1.29, 1.82) is 0 Å². The van der Waals surface area contributed by atoms with Crippen molar-refractivity contribution in [3.63, 3.8) is 0 Å². The van der Waals surface area contributed by atoms with E-state index in [1.54, 1.807) is 20.8 Å². The molecule has 1 unspecified atom stereocenters. The number of rotatable bonds is 7. The molecule has 138 valence electrons. The van der Waals surface area contributed by atoms with E-state index in [-0.39, 0.29) is 23.4 Å². The van der Waals surface area contributed by atoms with E-state index in [2.05, 4.69) is 5.32 Å². The lowest BCUT2D eigenvalue weighted by molar-refractivity contribution is -0.121. The smallest absolute Gasteiger partial charge is 0.220 e. The monoisotopic (exact) mass is 353 g/mol. The minimum Gasteiger partial charge on any atom is -0.352 e. The Morgan fingerprint density at radius 1 is 0.962 bits per heavy atom. The van der Waals surface area contributed by atoms with Gasteiger partial charge in [-0.2, -0.15) is 0 Å². The molecule has 4 nitrogen and oxygen atoms in total. The van der Waals surface area contributed by atoms with Gasteiger partial charge in [-0.1, -0.05) is 37.3 Å². The van der Waals surface area contributed by atoms with E-state index in [4.69, 9.17) is 0 Å². The molecule has 26 heavy (non-hydrogen) atoms. The lowest BCUT2D eigenvalue weighted by Gasteiger charge is -2.25. The van der Waals surface area contributed by atoms with E-state index in [9.17, 15) is 14.4 Å². The van der Waals surface area contributed by atoms with Gasteiger partial charge in [0.25, 0.3) is 0 Å². The minimum atomic E-state index is -0.0722. The van der Waals surface area contributed by atoms with Crippen molar-refractivity contribution in [3.05, 3.63) is 58.2 Å². The van der Waals surface area contributed by atoms with Gasteiger partial charge < -0.3 is 5.32 Å². The maximum atomic E-state index is 12.7. The molecule has 1 N–H and O–H groups in total. The van der Waals surface area contributed by atoms with Crippen molar-refractivity contribution < 1.29 is 14.4 Å². The summed E-state index contributed by atoms with van der Waals surface area (Å²) >= 11 is 0. The van der Waals surface area contributed by atoms with Crippen LogP contribution in [0.4, 0.5) is 0 Å². The van der Waals surface area contributed by atoms with E-state index >= 15 is 0 Å². The summed E-state index contributed by atoms with van der Waals surface area (Å²) in [5.41, 5.74) is 3.25. The predicted octanol–water partition coefficient (Wildman–Crippen LogP) is 3.91. The molecule has 4 heteroatoms. The van der Waals surface area contributed by atoms with Gasteiger partial charge in [-0.15, -0.1) is 0 Å². The highest BCUT2D eigenvalue weighted by Crippen LogP contribution is 2.32. The number of allylic oxidation sites excluding steroid dienone is 4. The molecule has 0 aromatic heterocycles. The average molecular weight is 353 g/mol. The third-order valence-corrected chi connectivity index (χ3v) is 5.19. The zero-order valence-electron chi connectivity index (χ0n) is 16.0. The first-order chi connectivity index (χ1) is 12.4. The molecule has 1 atom stereocenters. The fourth-order valence-corrected chi connectivity index (χ4v) is 3.35. The molecule has 1 aromatic rings. The Morgan fingerprint density at radius 3 is 2.19 bits per heavy atom. The lowest BCUT2D eigenvalue weighted by atomic mass is 9.77. The molecular formula is C22H27NO3. The summed E-state index contributed by atoms with van der Waals surface area (Å²) in [6.07, 6.45) is 1.63. The summed E-state index contributed by atoms with van der Waals surface area (Å²) in [6, 6.07) is 9.74. The highest BCUT2D eigenvalue weighted by molar-refractivity contribution is 6.24. The first kappa shape index (κ1) is 19.8. The van der Waals surface area contributed by atoms with E-state index < -0.39 is 0 Å². The Morgan fingerprint density at radius 2 is 1.58 bits per heavy atom. The van der Waals surface area contributed by atoms with Crippen LogP contribution in [0.2, 0.25) is 0 Å². The molecule has 1 aliphatic carbocycles. The van der Waals surface area contributed by atoms with Crippen LogP contribution in [-0.4, -0.2) is 17.5 Å². The van der Waals surface area contributed by atoms with Gasteiger partial charge in [0.2, 0.25) is 5.91 Å². The molecular weight excluding hydrogens is 326 g/mol. The number of carbonyl (C=O) groups is 3. The number of benzene rings is 1. The first-order valence-electron chi connectivity index (χ1n) is 9.15. The van der Waals surface area contributed by atoms with Crippen molar-refractivity contribution in [3.8, 4) is 0 Å². The Bertz CT molecular complexity index is 772. The molecule has 0 saturated carbocycles. The van der Waals surface area contributed by atoms with Crippen LogP contribution in [0.15, 0.2) is 52.6 Å². The fraction of sp³-hybridized carbons (Fsp3) is 0.409. The van der Waals surface area contributed by atoms with Crippen LogP contribution in [0.25, 0.3) is 0 Å². The largest absolute Gasteiger partial charge is 0.352 e. The van der Waals surface area contributed by atoms with Gasteiger partial charge in [0.1, 0.15) is 0 Å². The van der Waals surface area contributed by atoms with Gasteiger partial charge in [0.15, 0.2) is 11.6 Å². The van der Waals surface area contributed by atoms with Gasteiger partial charge in [-0.25, -0.2) is 0 Å². The van der Waals surface area contributed by atoms with Crippen LogP contribution in [0, 0.1) is 5.92 Å². The third kappa shape index (κ3) is 4.37. The normalized spacial score (nSPS) is 16.2. The molecule has 1 amide bonds. The molecule has 0 spiro atoms. The van der Waals surface area contributed by atoms with Gasteiger partial charge in [-0.3, -0.25) is 14.4 Å². The number of ketones is 2. The lowest BCUT2D eigenvalue weighted by Crippen LogP contribution is -2.27. The number of hydrogen-bond acceptors (Lipinski definition) is 3. The summed E-state index contributed by atoms with van der Waals surface area (Å²) in [5, 5.41) is 2.91. The number of carbonyl (C=O) groups excluding carboxylic acids is 3. The zero-order chi connectivity index (χ0) is 19.3. The highest BCUT2D eigenvalue weighted by atomic mass is 16.2. The second-order valence-corrected chi connectivity index (χ2v) is 6.85. The third-order valence-electron chi connectivity index (χ3n) is 5.19. The number of nitrogens with one attached hydrogen (secondary N) is 1. The summed E-state index contributed by atoms with van der Waals surface area (Å²) in [7, 11) is 0. The topological polar surface area (TPSA) is 63.2 Å². The standard InChI is InChI=1S/C22H27NO3/c1-5-18(20-16(4)21(25)14(2)15(3)22(20)26)11-12-19(24)23-13-17-9-7-6-8-10-17/h6-10,18H,5,11-13H2,1-4H3,(H,23,24). The SMILES string of the molecule is CCC(CCC(=O)NCc1ccccc1)C1=C(C)C(=O)C(C)=C(C)C1=O. The van der Waals surface area contributed by atoms with Crippen LogP contribution in [0.1, 0.15) is 52.5 Å². The second-order valence-electron chi connectivity index (χ2n) is 6.85. The van der Waals surface area contributed by atoms with Crippen molar-refractivity contribution in [2.45, 2.75) is 53.5 Å². The predicted molar refractivity (Wildman–Crippen MR) is 102 cm³/mol. The van der Waals surface area contributed by atoms with E-state index in [1.807, 2.05) is 37.3 Å². The molecule has 0 bridgehead atoms. The Hall–Kier alpha value is -2.49. The van der Waals surface area contributed by atoms with Crippen LogP contribution in [0.3, 0.4) is 0 Å². The Kier molecular flexibility index (Phi) is 6.67.